The number of amides is 1. The lowest BCUT2D eigenvalue weighted by atomic mass is 10.2. The fourth-order valence-electron chi connectivity index (χ4n) is 4.45. The number of aromatic nitrogens is 2. The van der Waals surface area contributed by atoms with E-state index >= 15 is 0 Å². The summed E-state index contributed by atoms with van der Waals surface area (Å²) in [6.45, 7) is 11.3. The van der Waals surface area contributed by atoms with E-state index in [0.29, 0.717) is 6.42 Å². The second kappa shape index (κ2) is 10.7. The van der Waals surface area contributed by atoms with E-state index in [1.807, 2.05) is 19.1 Å². The van der Waals surface area contributed by atoms with Crippen LogP contribution < -0.4 is 5.32 Å². The third kappa shape index (κ3) is 5.56. The van der Waals surface area contributed by atoms with Crippen molar-refractivity contribution in [2.75, 3.05) is 31.5 Å². The van der Waals surface area contributed by atoms with E-state index in [-0.39, 0.29) is 5.91 Å². The summed E-state index contributed by atoms with van der Waals surface area (Å²) in [5, 5.41) is 3.00. The first-order valence-corrected chi connectivity index (χ1v) is 11.9. The molecule has 1 N–H and O–H groups in total. The van der Waals surface area contributed by atoms with Crippen molar-refractivity contribution in [1.29, 1.82) is 0 Å². The van der Waals surface area contributed by atoms with Gasteiger partial charge in [0.15, 0.2) is 0 Å². The maximum absolute atomic E-state index is 12.0. The van der Waals surface area contributed by atoms with Crippen LogP contribution in [0.2, 0.25) is 0 Å². The lowest BCUT2D eigenvalue weighted by Gasteiger charge is -2.34. The molecule has 2 aromatic carbocycles. The molecule has 3 aromatic rings. The van der Waals surface area contributed by atoms with Crippen molar-refractivity contribution < 1.29 is 4.79 Å². The number of aryl methyl sites for hydroxylation is 1. The largest absolute Gasteiger partial charge is 0.327 e. The van der Waals surface area contributed by atoms with Crippen LogP contribution in [0.15, 0.2) is 48.5 Å². The molecule has 0 bridgehead atoms. The number of nitrogens with one attached hydrogen (secondary N) is 1. The number of carbonyl (C=O) groups is 1. The molecule has 1 aliphatic rings. The van der Waals surface area contributed by atoms with Crippen LogP contribution in [-0.2, 0) is 24.4 Å². The van der Waals surface area contributed by atoms with Crippen molar-refractivity contribution in [1.82, 2.24) is 19.4 Å². The molecule has 0 atom stereocenters. The van der Waals surface area contributed by atoms with Gasteiger partial charge in [0.2, 0.25) is 5.91 Å². The molecule has 1 amide bonds. The van der Waals surface area contributed by atoms with Crippen LogP contribution >= 0.6 is 0 Å². The Bertz CT molecular complexity index is 1020. The van der Waals surface area contributed by atoms with Crippen LogP contribution in [0.1, 0.15) is 44.5 Å². The number of rotatable bonds is 9. The lowest BCUT2D eigenvalue weighted by molar-refractivity contribution is -0.116. The standard InChI is InChI=1S/C26H35N5O/c1-3-8-26(32)27-22-11-12-24-23(18-22)28-25(31(24)13-4-2)20-30-16-14-29(15-17-30)19-21-9-6-5-7-10-21/h5-7,9-12,18H,3-4,8,13-17,19-20H2,1-2H3,(H,27,32). The van der Waals surface area contributed by atoms with Crippen LogP contribution in [0.5, 0.6) is 0 Å². The van der Waals surface area contributed by atoms with Gasteiger partial charge in [-0.25, -0.2) is 4.98 Å². The molecule has 2 heterocycles. The Kier molecular flexibility index (Phi) is 7.55. The van der Waals surface area contributed by atoms with E-state index in [4.69, 9.17) is 4.98 Å². The maximum atomic E-state index is 12.0. The number of piperazine rings is 1. The zero-order valence-electron chi connectivity index (χ0n) is 19.4. The van der Waals surface area contributed by atoms with Crippen molar-refractivity contribution in [3.63, 3.8) is 0 Å². The number of hydrogen-bond acceptors (Lipinski definition) is 4. The van der Waals surface area contributed by atoms with Crippen molar-refractivity contribution in [3.8, 4) is 0 Å². The molecule has 32 heavy (non-hydrogen) atoms. The fraction of sp³-hybridized carbons (Fsp3) is 0.462. The topological polar surface area (TPSA) is 53.4 Å². The Labute approximate surface area is 191 Å². The highest BCUT2D eigenvalue weighted by molar-refractivity contribution is 5.93. The van der Waals surface area contributed by atoms with Gasteiger partial charge in [-0.15, -0.1) is 0 Å². The van der Waals surface area contributed by atoms with E-state index in [1.54, 1.807) is 0 Å². The highest BCUT2D eigenvalue weighted by atomic mass is 16.1. The number of anilines is 1. The number of hydrogen-bond donors (Lipinski definition) is 1. The summed E-state index contributed by atoms with van der Waals surface area (Å²) in [7, 11) is 0. The molecule has 0 spiro atoms. The van der Waals surface area contributed by atoms with Gasteiger partial charge >= 0.3 is 0 Å². The van der Waals surface area contributed by atoms with Gasteiger partial charge in [-0.3, -0.25) is 14.6 Å². The molecule has 4 rings (SSSR count). The Hall–Kier alpha value is -2.70. The monoisotopic (exact) mass is 433 g/mol. The maximum Gasteiger partial charge on any atom is 0.224 e. The number of fused-ring (bicyclic) bond motifs is 1. The zero-order chi connectivity index (χ0) is 22.3. The van der Waals surface area contributed by atoms with Gasteiger partial charge in [0.25, 0.3) is 0 Å². The van der Waals surface area contributed by atoms with Crippen LogP contribution in [0.25, 0.3) is 11.0 Å². The molecule has 0 unspecified atom stereocenters. The highest BCUT2D eigenvalue weighted by Crippen LogP contribution is 2.23. The summed E-state index contributed by atoms with van der Waals surface area (Å²) in [6.07, 6.45) is 2.46. The van der Waals surface area contributed by atoms with Crippen LogP contribution in [-0.4, -0.2) is 51.4 Å². The number of nitrogens with zero attached hydrogens (tertiary/aromatic N) is 4. The molecule has 1 aromatic heterocycles. The predicted octanol–water partition coefficient (Wildman–Crippen LogP) is 4.50. The quantitative estimate of drug-likeness (QED) is 0.540. The predicted molar refractivity (Wildman–Crippen MR) is 131 cm³/mol. The van der Waals surface area contributed by atoms with Crippen LogP contribution in [0.4, 0.5) is 5.69 Å². The summed E-state index contributed by atoms with van der Waals surface area (Å²) in [5.41, 5.74) is 4.33. The molecule has 0 radical (unpaired) electrons. The Morgan fingerprint density at radius 2 is 1.66 bits per heavy atom. The van der Waals surface area contributed by atoms with E-state index in [9.17, 15) is 4.79 Å². The van der Waals surface area contributed by atoms with Crippen molar-refractivity contribution >= 4 is 22.6 Å². The summed E-state index contributed by atoms with van der Waals surface area (Å²) in [6, 6.07) is 16.8. The smallest absolute Gasteiger partial charge is 0.224 e. The summed E-state index contributed by atoms with van der Waals surface area (Å²) < 4.78 is 2.35. The minimum atomic E-state index is 0.0634. The molecular formula is C26H35N5O. The van der Waals surface area contributed by atoms with Gasteiger partial charge in [-0.2, -0.15) is 0 Å². The summed E-state index contributed by atoms with van der Waals surface area (Å²) in [4.78, 5) is 22.0. The number of benzene rings is 2. The summed E-state index contributed by atoms with van der Waals surface area (Å²) in [5.74, 6) is 1.18. The van der Waals surface area contributed by atoms with Crippen molar-refractivity contribution in [2.45, 2.75) is 52.7 Å². The van der Waals surface area contributed by atoms with Crippen molar-refractivity contribution in [3.05, 3.63) is 59.9 Å². The molecule has 6 nitrogen and oxygen atoms in total. The normalized spacial score (nSPS) is 15.3. The molecule has 1 fully saturated rings. The van der Waals surface area contributed by atoms with E-state index in [0.717, 1.165) is 81.2 Å². The Balaban J connectivity index is 1.42. The van der Waals surface area contributed by atoms with Gasteiger partial charge in [0.05, 0.1) is 17.6 Å². The van der Waals surface area contributed by atoms with Gasteiger partial charge < -0.3 is 9.88 Å². The van der Waals surface area contributed by atoms with Gasteiger partial charge in [-0.1, -0.05) is 44.2 Å². The molecule has 6 heteroatoms. The average Bonchev–Trinajstić information content (AvgIpc) is 3.12. The third-order valence-corrected chi connectivity index (χ3v) is 6.11. The molecule has 170 valence electrons. The molecule has 0 saturated carbocycles. The number of imidazole rings is 1. The van der Waals surface area contributed by atoms with Crippen LogP contribution in [0.3, 0.4) is 0 Å². The third-order valence-electron chi connectivity index (χ3n) is 6.11. The molecule has 1 aliphatic heterocycles. The van der Waals surface area contributed by atoms with Crippen molar-refractivity contribution in [2.24, 2.45) is 0 Å². The SMILES string of the molecule is CCCC(=O)Nc1ccc2c(c1)nc(CN1CCN(Cc3ccccc3)CC1)n2CCC. The van der Waals surface area contributed by atoms with Gasteiger partial charge in [0, 0.05) is 51.4 Å². The highest BCUT2D eigenvalue weighted by Gasteiger charge is 2.20. The number of carbonyl (C=O) groups excluding carboxylic acids is 1. The summed E-state index contributed by atoms with van der Waals surface area (Å²) >= 11 is 0. The minimum Gasteiger partial charge on any atom is -0.327 e. The second-order valence-corrected chi connectivity index (χ2v) is 8.72. The van der Waals surface area contributed by atoms with Gasteiger partial charge in [-0.05, 0) is 36.6 Å². The lowest BCUT2D eigenvalue weighted by Crippen LogP contribution is -2.45. The second-order valence-electron chi connectivity index (χ2n) is 8.72. The molecular weight excluding hydrogens is 398 g/mol. The molecule has 0 aliphatic carbocycles. The fourth-order valence-corrected chi connectivity index (χ4v) is 4.45. The Morgan fingerprint density at radius 3 is 2.34 bits per heavy atom. The Morgan fingerprint density at radius 1 is 0.938 bits per heavy atom. The zero-order valence-corrected chi connectivity index (χ0v) is 19.4. The van der Waals surface area contributed by atoms with Gasteiger partial charge in [0.1, 0.15) is 5.82 Å². The average molecular weight is 434 g/mol. The minimum absolute atomic E-state index is 0.0634. The van der Waals surface area contributed by atoms with E-state index in [2.05, 4.69) is 63.0 Å². The molecule has 1 saturated heterocycles. The van der Waals surface area contributed by atoms with Crippen LogP contribution in [0, 0.1) is 0 Å². The van der Waals surface area contributed by atoms with E-state index in [1.165, 1.54) is 5.56 Å². The first-order valence-electron chi connectivity index (χ1n) is 11.9. The first-order chi connectivity index (χ1) is 15.7. The first kappa shape index (κ1) is 22.5. The van der Waals surface area contributed by atoms with E-state index < -0.39 is 0 Å².